The molecule has 4 aromatic heterocycles. The maximum absolute atomic E-state index is 6.14. The molecule has 0 amide bonds. The van der Waals surface area contributed by atoms with E-state index in [1.54, 1.807) is 11.3 Å². The third-order valence-electron chi connectivity index (χ3n) is 10.1. The molecule has 0 saturated heterocycles. The van der Waals surface area contributed by atoms with Gasteiger partial charge in [0.15, 0.2) is 30.3 Å². The maximum atomic E-state index is 6.14. The lowest BCUT2D eigenvalue weighted by Gasteiger charge is -2.10. The molecule has 9 rings (SSSR count). The third-order valence-corrected chi connectivity index (χ3v) is 11.1. The molecule has 278 valence electrons. The van der Waals surface area contributed by atoms with Crippen LogP contribution in [0.4, 0.5) is 0 Å². The topological polar surface area (TPSA) is 82.5 Å². The molecule has 0 fully saturated rings. The average molecular weight is 769 g/mol. The summed E-state index contributed by atoms with van der Waals surface area (Å²) in [7, 11) is 0.715. The van der Waals surface area contributed by atoms with Crippen LogP contribution >= 0.6 is 11.3 Å². The lowest BCUT2D eigenvalue weighted by atomic mass is 9.71. The van der Waals surface area contributed by atoms with Crippen molar-refractivity contribution in [2.24, 2.45) is 0 Å². The fourth-order valence-corrected chi connectivity index (χ4v) is 8.01. The van der Waals surface area contributed by atoms with Crippen molar-refractivity contribution in [1.29, 1.82) is 0 Å². The monoisotopic (exact) mass is 768 g/mol. The van der Waals surface area contributed by atoms with Crippen LogP contribution in [0, 0.1) is 0 Å². The van der Waals surface area contributed by atoms with E-state index in [-0.39, 0.29) is 0 Å². The minimum atomic E-state index is 0.596. The summed E-state index contributed by atoms with van der Waals surface area (Å²) in [6.07, 6.45) is 10.2. The summed E-state index contributed by atoms with van der Waals surface area (Å²) in [5.41, 5.74) is 9.37. The number of hydrogen-bond donors (Lipinski definition) is 0. The summed E-state index contributed by atoms with van der Waals surface area (Å²) in [5, 5.41) is 3.88. The molecule has 0 aliphatic rings. The largest absolute Gasteiger partial charge is 0.436 e. The number of nitrogens with zero attached hydrogens (tertiary/aromatic N) is 6. The van der Waals surface area contributed by atoms with Crippen molar-refractivity contribution in [3.63, 3.8) is 0 Å². The maximum Gasteiger partial charge on any atom is 0.227 e. The first-order chi connectivity index (χ1) is 28.5. The van der Waals surface area contributed by atoms with Crippen molar-refractivity contribution in [3.8, 4) is 34.2 Å². The molecule has 9 aromatic rings. The van der Waals surface area contributed by atoms with Gasteiger partial charge in [0.2, 0.25) is 5.89 Å². The Balaban J connectivity index is 1.08. The van der Waals surface area contributed by atoms with E-state index in [0.717, 1.165) is 81.2 Å². The van der Waals surface area contributed by atoms with Crippen LogP contribution in [0.1, 0.15) is 17.8 Å². The van der Waals surface area contributed by atoms with E-state index >= 15 is 0 Å². The van der Waals surface area contributed by atoms with E-state index in [2.05, 4.69) is 85.2 Å². The number of fused-ring (bicyclic) bond motifs is 4. The molecular formula is C49H37BN6OS. The van der Waals surface area contributed by atoms with Crippen LogP contribution in [0.5, 0.6) is 0 Å². The molecule has 0 saturated carbocycles. The van der Waals surface area contributed by atoms with Gasteiger partial charge in [-0.3, -0.25) is 0 Å². The van der Waals surface area contributed by atoms with E-state index in [1.807, 2.05) is 104 Å². The molecule has 0 atom stereocenters. The number of thiazole rings is 1. The quantitative estimate of drug-likeness (QED) is 0.102. The molecule has 5 aromatic carbocycles. The summed E-state index contributed by atoms with van der Waals surface area (Å²) < 4.78 is 9.26. The summed E-state index contributed by atoms with van der Waals surface area (Å²) in [4.78, 5) is 24.6. The minimum Gasteiger partial charge on any atom is -0.436 e. The molecule has 7 nitrogen and oxygen atoms in total. The second-order valence-corrected chi connectivity index (χ2v) is 14.8. The molecule has 0 spiro atoms. The Kier molecular flexibility index (Phi) is 9.87. The highest BCUT2D eigenvalue weighted by molar-refractivity contribution is 7.10. The Hall–Kier alpha value is -7.23. The Labute approximate surface area is 340 Å². The zero-order valence-electron chi connectivity index (χ0n) is 32.1. The van der Waals surface area contributed by atoms with E-state index in [4.69, 9.17) is 29.3 Å². The van der Waals surface area contributed by atoms with Gasteiger partial charge >= 0.3 is 0 Å². The number of oxazole rings is 1. The predicted molar refractivity (Wildman–Crippen MR) is 244 cm³/mol. The van der Waals surface area contributed by atoms with E-state index in [0.29, 0.717) is 30.6 Å². The minimum absolute atomic E-state index is 0.596. The van der Waals surface area contributed by atoms with Crippen LogP contribution in [0.15, 0.2) is 163 Å². The number of allylic oxidation sites excluding steroid dienone is 6. The molecule has 0 bridgehead atoms. The fourth-order valence-electron chi connectivity index (χ4n) is 7.12. The summed E-state index contributed by atoms with van der Waals surface area (Å²) in [6, 6.07) is 42.7. The van der Waals surface area contributed by atoms with Crippen molar-refractivity contribution >= 4 is 80.9 Å². The Bertz CT molecular complexity index is 3120. The molecule has 0 N–H and O–H groups in total. The lowest BCUT2D eigenvalue weighted by Crippen LogP contribution is -2.18. The van der Waals surface area contributed by atoms with Crippen molar-refractivity contribution in [2.75, 3.05) is 0 Å². The van der Waals surface area contributed by atoms with Crippen LogP contribution in [0.25, 0.3) is 96.5 Å². The highest BCUT2D eigenvalue weighted by atomic mass is 32.1. The first kappa shape index (κ1) is 36.4. The van der Waals surface area contributed by atoms with Crippen LogP contribution in [0.3, 0.4) is 0 Å². The number of para-hydroxylation sites is 3. The van der Waals surface area contributed by atoms with Gasteiger partial charge in [0.05, 0.1) is 16.4 Å². The molecular weight excluding hydrogens is 731 g/mol. The summed E-state index contributed by atoms with van der Waals surface area (Å²) in [5.74, 6) is 2.49. The summed E-state index contributed by atoms with van der Waals surface area (Å²) in [6.45, 7) is 12.8. The number of aromatic nitrogens is 6. The predicted octanol–water partition coefficient (Wildman–Crippen LogP) is 10.4. The van der Waals surface area contributed by atoms with Crippen LogP contribution in [-0.2, 0) is 0 Å². The highest BCUT2D eigenvalue weighted by Gasteiger charge is 2.17. The van der Waals surface area contributed by atoms with Gasteiger partial charge in [0, 0.05) is 43.3 Å². The third kappa shape index (κ3) is 6.93. The van der Waals surface area contributed by atoms with Gasteiger partial charge in [-0.15, -0.1) is 11.3 Å². The second kappa shape index (κ2) is 15.7. The number of hydrogen-bond acceptors (Lipinski definition) is 7. The van der Waals surface area contributed by atoms with E-state index in [9.17, 15) is 0 Å². The van der Waals surface area contributed by atoms with Crippen molar-refractivity contribution in [3.05, 3.63) is 179 Å². The van der Waals surface area contributed by atoms with Gasteiger partial charge in [-0.25, -0.2) is 24.9 Å². The molecule has 9 heteroatoms. The van der Waals surface area contributed by atoms with Crippen LogP contribution in [-0.4, -0.2) is 36.8 Å². The van der Waals surface area contributed by atoms with Gasteiger partial charge in [0.25, 0.3) is 0 Å². The van der Waals surface area contributed by atoms with E-state index in [1.165, 1.54) is 0 Å². The van der Waals surface area contributed by atoms with Crippen LogP contribution < -0.4 is 9.88 Å². The number of benzene rings is 5. The standard InChI is InChI=1S/C49H37BN6OS/c1-5-32(29-36(6-2)56-42-23-15-13-21-37(42)38-30-35(25-28-43(38)56)48-51-41-22-14-16-24-44(41)57-48)49-52-40(31(3)58-49)27-26-39(50-4)47-54-45(33-17-9-7-10-18-33)53-46(55-47)34-19-11-8-12-20-34/h5-30,50H,2-3H2,1,4H3/b32-5+,36-29+,39-26-,40-27+. The Morgan fingerprint density at radius 2 is 1.40 bits per heavy atom. The lowest BCUT2D eigenvalue weighted by molar-refractivity contribution is 0.620. The fraction of sp³-hybridized carbons (Fsp3) is 0.0408. The van der Waals surface area contributed by atoms with Gasteiger partial charge in [-0.05, 0) is 67.0 Å². The van der Waals surface area contributed by atoms with Gasteiger partial charge in [0.1, 0.15) is 10.5 Å². The molecule has 0 radical (unpaired) electrons. The molecule has 0 aliphatic carbocycles. The zero-order chi connectivity index (χ0) is 39.6. The Morgan fingerprint density at radius 3 is 2.09 bits per heavy atom. The summed E-state index contributed by atoms with van der Waals surface area (Å²) >= 11 is 1.56. The first-order valence-corrected chi connectivity index (χ1v) is 20.0. The Morgan fingerprint density at radius 1 is 0.724 bits per heavy atom. The van der Waals surface area contributed by atoms with Gasteiger partial charge in [-0.1, -0.05) is 123 Å². The normalized spacial score (nSPS) is 12.9. The average Bonchev–Trinajstić information content (AvgIpc) is 3.98. The van der Waals surface area contributed by atoms with Crippen molar-refractivity contribution < 1.29 is 4.42 Å². The second-order valence-electron chi connectivity index (χ2n) is 13.7. The van der Waals surface area contributed by atoms with Crippen LogP contribution in [0.2, 0.25) is 6.82 Å². The molecule has 58 heavy (non-hydrogen) atoms. The van der Waals surface area contributed by atoms with E-state index < -0.39 is 0 Å². The van der Waals surface area contributed by atoms with Crippen molar-refractivity contribution in [1.82, 2.24) is 29.5 Å². The zero-order valence-corrected chi connectivity index (χ0v) is 32.9. The molecule has 0 unspecified atom stereocenters. The smallest absolute Gasteiger partial charge is 0.227 e. The molecule has 4 heterocycles. The highest BCUT2D eigenvalue weighted by Crippen LogP contribution is 2.36. The number of rotatable bonds is 10. The molecule has 0 aliphatic heterocycles. The first-order valence-electron chi connectivity index (χ1n) is 19.2. The van der Waals surface area contributed by atoms with Crippen molar-refractivity contribution in [2.45, 2.75) is 13.7 Å². The van der Waals surface area contributed by atoms with Gasteiger partial charge in [-0.2, -0.15) is 0 Å². The van der Waals surface area contributed by atoms with Gasteiger partial charge < -0.3 is 8.98 Å². The SMILES string of the molecule is C=C/C(=C\C(=C/C)c1n/c(=C/C=C(\BC)c2nc(-c3ccccc3)nc(-c3ccccc3)n2)c(=C)s1)n1c2ccccc2c2cc(-c3nc4ccccc4o3)ccc21.